The van der Waals surface area contributed by atoms with Gasteiger partial charge in [-0.2, -0.15) is 0 Å². The lowest BCUT2D eigenvalue weighted by atomic mass is 10.1. The molecule has 0 atom stereocenters. The number of carbonyl (C=O) groups excluding carboxylic acids is 1. The van der Waals surface area contributed by atoms with Crippen molar-refractivity contribution in [3.63, 3.8) is 0 Å². The van der Waals surface area contributed by atoms with E-state index in [1.807, 2.05) is 0 Å². The number of hydrogen-bond acceptors (Lipinski definition) is 3. The molecule has 0 radical (unpaired) electrons. The van der Waals surface area contributed by atoms with E-state index in [4.69, 9.17) is 18.0 Å². The Labute approximate surface area is 128 Å². The zero-order valence-corrected chi connectivity index (χ0v) is 12.5. The van der Waals surface area contributed by atoms with Gasteiger partial charge in [-0.15, -0.1) is 0 Å². The molecule has 102 valence electrons. The highest BCUT2D eigenvalue weighted by molar-refractivity contribution is 9.10. The molecule has 0 fully saturated rings. The van der Waals surface area contributed by atoms with Crippen molar-refractivity contribution in [3.05, 3.63) is 58.1 Å². The minimum absolute atomic E-state index is 0.100. The fraction of sp³-hybridized carbons (Fsp3) is 0. The molecule has 1 aromatic carbocycles. The van der Waals surface area contributed by atoms with Gasteiger partial charge in [0.05, 0.1) is 17.4 Å². The number of rotatable bonds is 3. The van der Waals surface area contributed by atoms with Crippen molar-refractivity contribution in [2.75, 3.05) is 5.32 Å². The lowest BCUT2D eigenvalue weighted by Gasteiger charge is -2.11. The topological polar surface area (TPSA) is 68.0 Å². The summed E-state index contributed by atoms with van der Waals surface area (Å²) in [5, 5.41) is 2.58. The van der Waals surface area contributed by atoms with Gasteiger partial charge >= 0.3 is 0 Å². The first-order chi connectivity index (χ1) is 9.49. The van der Waals surface area contributed by atoms with E-state index in [1.54, 1.807) is 18.2 Å². The van der Waals surface area contributed by atoms with Gasteiger partial charge in [0.1, 0.15) is 4.99 Å². The molecule has 1 amide bonds. The van der Waals surface area contributed by atoms with E-state index in [2.05, 4.69) is 26.2 Å². The maximum Gasteiger partial charge on any atom is 0.258 e. The predicted molar refractivity (Wildman–Crippen MR) is 82.2 cm³/mol. The van der Waals surface area contributed by atoms with Gasteiger partial charge < -0.3 is 11.1 Å². The first-order valence-corrected chi connectivity index (χ1v) is 6.69. The molecule has 1 aromatic heterocycles. The van der Waals surface area contributed by atoms with Crippen molar-refractivity contribution in [3.8, 4) is 0 Å². The van der Waals surface area contributed by atoms with Crippen LogP contribution < -0.4 is 11.1 Å². The van der Waals surface area contributed by atoms with Gasteiger partial charge in [0.15, 0.2) is 5.82 Å². The molecule has 0 saturated heterocycles. The second-order valence-electron chi connectivity index (χ2n) is 3.86. The van der Waals surface area contributed by atoms with Crippen LogP contribution in [0.2, 0.25) is 0 Å². The van der Waals surface area contributed by atoms with Crippen LogP contribution in [0.5, 0.6) is 0 Å². The van der Waals surface area contributed by atoms with Gasteiger partial charge in [0, 0.05) is 16.2 Å². The molecule has 20 heavy (non-hydrogen) atoms. The van der Waals surface area contributed by atoms with Crippen molar-refractivity contribution in [1.29, 1.82) is 0 Å². The third-order valence-electron chi connectivity index (χ3n) is 2.51. The third kappa shape index (κ3) is 3.17. The summed E-state index contributed by atoms with van der Waals surface area (Å²) in [6.45, 7) is 0. The Morgan fingerprint density at radius 2 is 2.10 bits per heavy atom. The molecule has 0 saturated carbocycles. The summed E-state index contributed by atoms with van der Waals surface area (Å²) >= 11 is 8.22. The Kier molecular flexibility index (Phi) is 4.41. The number of amides is 1. The maximum absolute atomic E-state index is 13.5. The van der Waals surface area contributed by atoms with E-state index in [-0.39, 0.29) is 10.6 Å². The monoisotopic (exact) mass is 353 g/mol. The van der Waals surface area contributed by atoms with E-state index >= 15 is 0 Å². The van der Waals surface area contributed by atoms with Crippen LogP contribution in [-0.4, -0.2) is 15.9 Å². The number of thiocarbonyl (C=S) groups is 1. The largest absolute Gasteiger partial charge is 0.389 e. The van der Waals surface area contributed by atoms with Crippen LogP contribution in [0.15, 0.2) is 41.1 Å². The van der Waals surface area contributed by atoms with Crippen LogP contribution in [0, 0.1) is 5.82 Å². The number of hydrogen-bond donors (Lipinski definition) is 2. The summed E-state index contributed by atoms with van der Waals surface area (Å²) in [6, 6.07) is 6.33. The number of carbonyl (C=O) groups is 1. The minimum Gasteiger partial charge on any atom is -0.389 e. The molecule has 2 rings (SSSR count). The number of pyridine rings is 1. The second kappa shape index (κ2) is 6.06. The minimum atomic E-state index is -0.695. The van der Waals surface area contributed by atoms with E-state index in [0.717, 1.165) is 10.7 Å². The SMILES string of the molecule is NC(=S)c1cc(Br)ccc1NC(=O)c1ccncc1F. The van der Waals surface area contributed by atoms with E-state index < -0.39 is 11.7 Å². The molecule has 0 unspecified atom stereocenters. The molecule has 1 heterocycles. The summed E-state index contributed by atoms with van der Waals surface area (Å²) in [4.78, 5) is 15.7. The molecule has 3 N–H and O–H groups in total. The number of anilines is 1. The summed E-state index contributed by atoms with van der Waals surface area (Å²) in [7, 11) is 0. The van der Waals surface area contributed by atoms with Gasteiger partial charge in [-0.25, -0.2) is 4.39 Å². The molecule has 0 aliphatic carbocycles. The Balaban J connectivity index is 2.33. The zero-order valence-electron chi connectivity index (χ0n) is 10.1. The summed E-state index contributed by atoms with van der Waals surface area (Å²) < 4.78 is 14.3. The van der Waals surface area contributed by atoms with Crippen LogP contribution in [0.25, 0.3) is 0 Å². The molecular formula is C13H9BrFN3OS. The highest BCUT2D eigenvalue weighted by atomic mass is 79.9. The average Bonchev–Trinajstić information content (AvgIpc) is 2.41. The van der Waals surface area contributed by atoms with Crippen molar-refractivity contribution >= 4 is 44.7 Å². The molecular weight excluding hydrogens is 345 g/mol. The summed E-state index contributed by atoms with van der Waals surface area (Å²) in [5.74, 6) is -1.29. The maximum atomic E-state index is 13.5. The lowest BCUT2D eigenvalue weighted by Crippen LogP contribution is -2.18. The quantitative estimate of drug-likeness (QED) is 0.832. The predicted octanol–water partition coefficient (Wildman–Crippen LogP) is 2.87. The molecule has 0 spiro atoms. The average molecular weight is 354 g/mol. The number of nitrogens with one attached hydrogen (secondary N) is 1. The number of halogens is 2. The van der Waals surface area contributed by atoms with E-state index in [1.165, 1.54) is 12.3 Å². The third-order valence-corrected chi connectivity index (χ3v) is 3.23. The van der Waals surface area contributed by atoms with Crippen LogP contribution >= 0.6 is 28.1 Å². The number of aromatic nitrogens is 1. The first kappa shape index (κ1) is 14.5. The van der Waals surface area contributed by atoms with Crippen molar-refractivity contribution in [1.82, 2.24) is 4.98 Å². The van der Waals surface area contributed by atoms with Gasteiger partial charge in [0.2, 0.25) is 0 Å². The molecule has 0 aliphatic rings. The number of nitrogens with zero attached hydrogens (tertiary/aromatic N) is 1. The molecule has 2 aromatic rings. The van der Waals surface area contributed by atoms with Gasteiger partial charge in [0.25, 0.3) is 5.91 Å². The highest BCUT2D eigenvalue weighted by Crippen LogP contribution is 2.22. The fourth-order valence-corrected chi connectivity index (χ4v) is 2.11. The fourth-order valence-electron chi connectivity index (χ4n) is 1.58. The Morgan fingerprint density at radius 1 is 1.35 bits per heavy atom. The molecule has 0 bridgehead atoms. The molecule has 7 heteroatoms. The molecule has 4 nitrogen and oxygen atoms in total. The Hall–Kier alpha value is -1.86. The second-order valence-corrected chi connectivity index (χ2v) is 5.22. The van der Waals surface area contributed by atoms with Crippen LogP contribution in [0.4, 0.5) is 10.1 Å². The number of benzene rings is 1. The van der Waals surface area contributed by atoms with Gasteiger partial charge in [-0.3, -0.25) is 9.78 Å². The van der Waals surface area contributed by atoms with Crippen LogP contribution in [0.3, 0.4) is 0 Å². The highest BCUT2D eigenvalue weighted by Gasteiger charge is 2.14. The van der Waals surface area contributed by atoms with Crippen molar-refractivity contribution in [2.45, 2.75) is 0 Å². The molecule has 0 aliphatic heterocycles. The Morgan fingerprint density at radius 3 is 2.75 bits per heavy atom. The van der Waals surface area contributed by atoms with Crippen molar-refractivity contribution in [2.24, 2.45) is 5.73 Å². The number of nitrogens with two attached hydrogens (primary N) is 1. The van der Waals surface area contributed by atoms with Gasteiger partial charge in [-0.1, -0.05) is 28.1 Å². The summed E-state index contributed by atoms with van der Waals surface area (Å²) in [5.41, 5.74) is 6.42. The lowest BCUT2D eigenvalue weighted by molar-refractivity contribution is 0.102. The summed E-state index contributed by atoms with van der Waals surface area (Å²) in [6.07, 6.45) is 2.32. The van der Waals surface area contributed by atoms with Crippen LogP contribution in [0.1, 0.15) is 15.9 Å². The zero-order chi connectivity index (χ0) is 14.7. The van der Waals surface area contributed by atoms with Crippen molar-refractivity contribution < 1.29 is 9.18 Å². The Bertz CT molecular complexity index is 693. The van der Waals surface area contributed by atoms with Gasteiger partial charge in [-0.05, 0) is 24.3 Å². The smallest absolute Gasteiger partial charge is 0.258 e. The standard InChI is InChI=1S/C13H9BrFN3OS/c14-7-1-2-11(9(5-7)12(16)20)18-13(19)8-3-4-17-6-10(8)15/h1-6H,(H2,16,20)(H,18,19). The normalized spacial score (nSPS) is 10.1. The van der Waals surface area contributed by atoms with Crippen LogP contribution in [-0.2, 0) is 0 Å². The van der Waals surface area contributed by atoms with E-state index in [9.17, 15) is 9.18 Å². The van der Waals surface area contributed by atoms with E-state index in [0.29, 0.717) is 11.3 Å². The first-order valence-electron chi connectivity index (χ1n) is 5.49.